The van der Waals surface area contributed by atoms with E-state index in [2.05, 4.69) is 103 Å². The van der Waals surface area contributed by atoms with Gasteiger partial charge >= 0.3 is 5.97 Å². The largest absolute Gasteiger partial charge is 0.481 e. The van der Waals surface area contributed by atoms with Crippen LogP contribution in [0.2, 0.25) is 0 Å². The number of carbonyl (C=O) groups is 1. The molecule has 3 aromatic carbocycles. The fourth-order valence-corrected chi connectivity index (χ4v) is 8.33. The summed E-state index contributed by atoms with van der Waals surface area (Å²) in [5, 5.41) is 13.1. The van der Waals surface area contributed by atoms with E-state index in [0.717, 1.165) is 32.1 Å². The minimum absolute atomic E-state index is 0.253. The van der Waals surface area contributed by atoms with E-state index in [9.17, 15) is 4.79 Å². The summed E-state index contributed by atoms with van der Waals surface area (Å²) in [6.45, 7) is 1.89. The summed E-state index contributed by atoms with van der Waals surface area (Å²) in [6.07, 6.45) is 2.95. The van der Waals surface area contributed by atoms with Crippen molar-refractivity contribution in [2.45, 2.75) is 19.3 Å². The van der Waals surface area contributed by atoms with E-state index < -0.39 is 13.2 Å². The Bertz CT molecular complexity index is 803. The lowest BCUT2D eigenvalue weighted by atomic mass is 10.2. The second-order valence-electron chi connectivity index (χ2n) is 7.69. The van der Waals surface area contributed by atoms with Gasteiger partial charge in [-0.25, -0.2) is 0 Å². The molecule has 3 nitrogen and oxygen atoms in total. The van der Waals surface area contributed by atoms with Gasteiger partial charge in [0.25, 0.3) is 0 Å². The van der Waals surface area contributed by atoms with E-state index in [1.165, 1.54) is 15.9 Å². The Morgan fingerprint density at radius 3 is 1.57 bits per heavy atom. The number of rotatable bonds is 11. The van der Waals surface area contributed by atoms with Crippen molar-refractivity contribution in [2.24, 2.45) is 0 Å². The molecule has 3 rings (SSSR count). The molecule has 0 amide bonds. The second-order valence-corrected chi connectivity index (χ2v) is 11.3. The standard InChI is InChI=1S/C26H30NO2P/c1-27(20-12-11-19-26(28)29)21-22-30(23-13-5-2-6-14-23,24-15-7-3-8-16-24)25-17-9-4-10-18-25/h2-10,13-18H,11-12,19-22H2,1H3/p+1. The van der Waals surface area contributed by atoms with Crippen molar-refractivity contribution in [1.82, 2.24) is 4.90 Å². The third-order valence-electron chi connectivity index (χ3n) is 5.59. The average molecular weight is 421 g/mol. The predicted octanol–water partition coefficient (Wildman–Crippen LogP) is 4.17. The summed E-state index contributed by atoms with van der Waals surface area (Å²) >= 11 is 0. The van der Waals surface area contributed by atoms with Gasteiger partial charge in [0.1, 0.15) is 23.2 Å². The van der Waals surface area contributed by atoms with E-state index in [0.29, 0.717) is 0 Å². The Kier molecular flexibility index (Phi) is 8.19. The van der Waals surface area contributed by atoms with Crippen LogP contribution in [0.15, 0.2) is 91.0 Å². The van der Waals surface area contributed by atoms with Gasteiger partial charge in [-0.15, -0.1) is 0 Å². The van der Waals surface area contributed by atoms with Crippen LogP contribution in [0, 0.1) is 0 Å². The van der Waals surface area contributed by atoms with Crippen LogP contribution in [0.1, 0.15) is 19.3 Å². The summed E-state index contributed by atoms with van der Waals surface area (Å²) in [5.41, 5.74) is 0. The fraction of sp³-hybridized carbons (Fsp3) is 0.269. The maximum Gasteiger partial charge on any atom is 0.303 e. The zero-order chi connectivity index (χ0) is 21.2. The Morgan fingerprint density at radius 2 is 1.17 bits per heavy atom. The topological polar surface area (TPSA) is 40.5 Å². The minimum Gasteiger partial charge on any atom is -0.481 e. The van der Waals surface area contributed by atoms with Crippen LogP contribution in [0.5, 0.6) is 0 Å². The predicted molar refractivity (Wildman–Crippen MR) is 129 cm³/mol. The Balaban J connectivity index is 1.91. The first-order valence-electron chi connectivity index (χ1n) is 10.6. The lowest BCUT2D eigenvalue weighted by Crippen LogP contribution is -2.37. The number of aliphatic carboxylic acids is 1. The highest BCUT2D eigenvalue weighted by Crippen LogP contribution is 2.55. The molecule has 0 atom stereocenters. The normalized spacial score (nSPS) is 11.5. The molecule has 156 valence electrons. The average Bonchev–Trinajstić information content (AvgIpc) is 2.79. The molecule has 30 heavy (non-hydrogen) atoms. The molecule has 0 aromatic heterocycles. The zero-order valence-electron chi connectivity index (χ0n) is 17.7. The first-order chi connectivity index (χ1) is 14.6. The van der Waals surface area contributed by atoms with Crippen LogP contribution in [0.25, 0.3) is 0 Å². The molecule has 3 aromatic rings. The summed E-state index contributed by atoms with van der Waals surface area (Å²) in [4.78, 5) is 13.1. The molecule has 0 spiro atoms. The molecule has 0 unspecified atom stereocenters. The number of hydrogen-bond acceptors (Lipinski definition) is 2. The van der Waals surface area contributed by atoms with Gasteiger partial charge < -0.3 is 10.0 Å². The van der Waals surface area contributed by atoms with Gasteiger partial charge in [-0.2, -0.15) is 0 Å². The van der Waals surface area contributed by atoms with Gasteiger partial charge in [-0.05, 0) is 62.8 Å². The van der Waals surface area contributed by atoms with Crippen molar-refractivity contribution in [2.75, 3.05) is 26.3 Å². The van der Waals surface area contributed by atoms with Crippen molar-refractivity contribution in [3.05, 3.63) is 91.0 Å². The summed E-state index contributed by atoms with van der Waals surface area (Å²) in [5.74, 6) is -0.708. The maximum absolute atomic E-state index is 10.8. The van der Waals surface area contributed by atoms with Crippen molar-refractivity contribution >= 4 is 29.1 Å². The van der Waals surface area contributed by atoms with E-state index in [1.54, 1.807) is 0 Å². The molecule has 4 heteroatoms. The van der Waals surface area contributed by atoms with Crippen LogP contribution in [0.4, 0.5) is 0 Å². The second kappa shape index (κ2) is 11.1. The minimum atomic E-state index is -1.80. The number of nitrogens with zero attached hydrogens (tertiary/aromatic N) is 1. The number of carboxylic acids is 1. The van der Waals surface area contributed by atoms with Gasteiger partial charge in [0.15, 0.2) is 0 Å². The highest BCUT2D eigenvalue weighted by Gasteiger charge is 2.44. The first-order valence-corrected chi connectivity index (χ1v) is 12.6. The molecule has 0 fully saturated rings. The van der Waals surface area contributed by atoms with Crippen LogP contribution in [-0.4, -0.2) is 42.3 Å². The quantitative estimate of drug-likeness (QED) is 0.374. The number of carboxylic acid groups (broad SMARTS) is 1. The van der Waals surface area contributed by atoms with Crippen LogP contribution >= 0.6 is 7.26 Å². The lowest BCUT2D eigenvalue weighted by molar-refractivity contribution is -0.137. The van der Waals surface area contributed by atoms with E-state index in [4.69, 9.17) is 5.11 Å². The van der Waals surface area contributed by atoms with Crippen molar-refractivity contribution in [3.63, 3.8) is 0 Å². The first kappa shape index (κ1) is 22.2. The smallest absolute Gasteiger partial charge is 0.303 e. The number of unbranched alkanes of at least 4 members (excludes halogenated alkanes) is 1. The molecular formula is C26H31NO2P+. The molecule has 0 saturated heterocycles. The Morgan fingerprint density at radius 1 is 0.733 bits per heavy atom. The van der Waals surface area contributed by atoms with Crippen LogP contribution < -0.4 is 15.9 Å². The van der Waals surface area contributed by atoms with Gasteiger partial charge in [0, 0.05) is 13.0 Å². The van der Waals surface area contributed by atoms with Crippen LogP contribution in [-0.2, 0) is 4.79 Å². The molecule has 0 aliphatic heterocycles. The van der Waals surface area contributed by atoms with Gasteiger partial charge in [0.05, 0.1) is 6.16 Å². The SMILES string of the molecule is CN(CCCCC(=O)O)CC[P+](c1ccccc1)(c1ccccc1)c1ccccc1. The zero-order valence-corrected chi connectivity index (χ0v) is 18.5. The maximum atomic E-state index is 10.8. The van der Waals surface area contributed by atoms with Gasteiger partial charge in [0.2, 0.25) is 0 Å². The van der Waals surface area contributed by atoms with Crippen LogP contribution in [0.3, 0.4) is 0 Å². The number of hydrogen-bond donors (Lipinski definition) is 1. The van der Waals surface area contributed by atoms with E-state index >= 15 is 0 Å². The third kappa shape index (κ3) is 5.56. The molecule has 1 N–H and O–H groups in total. The van der Waals surface area contributed by atoms with Gasteiger partial charge in [-0.1, -0.05) is 54.6 Å². The summed E-state index contributed by atoms with van der Waals surface area (Å²) in [6, 6.07) is 32.8. The Hall–Kier alpha value is -2.48. The van der Waals surface area contributed by atoms with E-state index in [-0.39, 0.29) is 6.42 Å². The molecule has 0 bridgehead atoms. The monoisotopic (exact) mass is 420 g/mol. The number of benzene rings is 3. The third-order valence-corrected chi connectivity index (χ3v) is 10.00. The molecule has 0 radical (unpaired) electrons. The van der Waals surface area contributed by atoms with Crippen molar-refractivity contribution in [1.29, 1.82) is 0 Å². The highest BCUT2D eigenvalue weighted by molar-refractivity contribution is 7.95. The molecular weight excluding hydrogens is 389 g/mol. The molecule has 0 aliphatic rings. The molecule has 0 heterocycles. The van der Waals surface area contributed by atoms with Gasteiger partial charge in [-0.3, -0.25) is 4.79 Å². The lowest BCUT2D eigenvalue weighted by Gasteiger charge is -2.29. The van der Waals surface area contributed by atoms with E-state index in [1.807, 2.05) is 0 Å². The van der Waals surface area contributed by atoms with Crippen molar-refractivity contribution in [3.8, 4) is 0 Å². The summed E-state index contributed by atoms with van der Waals surface area (Å²) < 4.78 is 0. The molecule has 0 aliphatic carbocycles. The fourth-order valence-electron chi connectivity index (χ4n) is 3.97. The Labute approximate surface area is 180 Å². The highest BCUT2D eigenvalue weighted by atomic mass is 31.2. The summed E-state index contributed by atoms with van der Waals surface area (Å²) in [7, 11) is 0.352. The van der Waals surface area contributed by atoms with Crippen molar-refractivity contribution < 1.29 is 9.90 Å². The molecule has 0 saturated carbocycles.